The summed E-state index contributed by atoms with van der Waals surface area (Å²) in [6.07, 6.45) is 2.96. The molecule has 0 aliphatic rings. The van der Waals surface area contributed by atoms with Crippen molar-refractivity contribution in [2.24, 2.45) is 0 Å². The molecule has 2 aromatic heterocycles. The fourth-order valence-electron chi connectivity index (χ4n) is 0.533. The quantitative estimate of drug-likeness (QED) is 0.664. The fourth-order valence-corrected chi connectivity index (χ4v) is 0.533. The molecule has 0 aliphatic carbocycles. The van der Waals surface area contributed by atoms with Gasteiger partial charge < -0.3 is 0 Å². The van der Waals surface area contributed by atoms with Crippen LogP contribution >= 0.6 is 0 Å². The van der Waals surface area contributed by atoms with Gasteiger partial charge in [-0.25, -0.2) is 9.97 Å². The van der Waals surface area contributed by atoms with E-state index in [1.54, 1.807) is 0 Å². The van der Waals surface area contributed by atoms with Crippen LogP contribution in [0.2, 0.25) is 0 Å². The van der Waals surface area contributed by atoms with Gasteiger partial charge in [0.2, 0.25) is 0 Å². The summed E-state index contributed by atoms with van der Waals surface area (Å²) < 4.78 is 0. The van der Waals surface area contributed by atoms with E-state index in [9.17, 15) is 0 Å². The van der Waals surface area contributed by atoms with Gasteiger partial charge in [0.1, 0.15) is 24.3 Å². The molecule has 0 aliphatic heterocycles. The summed E-state index contributed by atoms with van der Waals surface area (Å²) in [4.78, 5) is 7.50. The molecule has 0 saturated heterocycles. The molecular formula is C8H16N6. The van der Waals surface area contributed by atoms with Crippen LogP contribution in [0.25, 0.3) is 0 Å². The van der Waals surface area contributed by atoms with Gasteiger partial charge in [0.05, 0.1) is 0 Å². The summed E-state index contributed by atoms with van der Waals surface area (Å²) in [7, 11) is 0. The van der Waals surface area contributed by atoms with E-state index in [-0.39, 0.29) is 0 Å². The van der Waals surface area contributed by atoms with Gasteiger partial charge in [0.25, 0.3) is 0 Å². The van der Waals surface area contributed by atoms with Crippen LogP contribution in [0.5, 0.6) is 0 Å². The number of aryl methyl sites for hydroxylation is 2. The number of hydrogen-bond donors (Lipinski definition) is 2. The lowest BCUT2D eigenvalue weighted by Gasteiger charge is -1.66. The second-order valence-corrected chi connectivity index (χ2v) is 2.14. The van der Waals surface area contributed by atoms with E-state index in [1.807, 2.05) is 27.7 Å². The van der Waals surface area contributed by atoms with Crippen LogP contribution < -0.4 is 0 Å². The van der Waals surface area contributed by atoms with E-state index in [4.69, 9.17) is 0 Å². The first-order valence-corrected chi connectivity index (χ1v) is 4.43. The highest BCUT2D eigenvalue weighted by Gasteiger charge is 1.75. The van der Waals surface area contributed by atoms with Gasteiger partial charge in [-0.15, -0.1) is 0 Å². The molecule has 2 heterocycles. The van der Waals surface area contributed by atoms with Crippen molar-refractivity contribution >= 4 is 0 Å². The van der Waals surface area contributed by atoms with Crippen molar-refractivity contribution in [2.45, 2.75) is 27.7 Å². The van der Waals surface area contributed by atoms with Gasteiger partial charge >= 0.3 is 0 Å². The first kappa shape index (κ1) is 12.3. The van der Waals surface area contributed by atoms with Crippen molar-refractivity contribution in [1.29, 1.82) is 0 Å². The Morgan fingerprint density at radius 1 is 0.857 bits per heavy atom. The molecule has 2 aromatic rings. The Labute approximate surface area is 83.2 Å². The Kier molecular flexibility index (Phi) is 6.93. The van der Waals surface area contributed by atoms with E-state index in [0.717, 1.165) is 11.6 Å². The maximum absolute atomic E-state index is 3.75. The number of aromatic amines is 2. The topological polar surface area (TPSA) is 83.1 Å². The number of aromatic nitrogens is 6. The highest BCUT2D eigenvalue weighted by atomic mass is 15.2. The predicted octanol–water partition coefficient (Wildman–Crippen LogP) is 1.25. The van der Waals surface area contributed by atoms with Gasteiger partial charge in [0.15, 0.2) is 0 Å². The third-order valence-corrected chi connectivity index (χ3v) is 1.07. The van der Waals surface area contributed by atoms with Gasteiger partial charge in [-0.3, -0.25) is 10.2 Å². The molecule has 0 amide bonds. The van der Waals surface area contributed by atoms with Crippen molar-refractivity contribution in [3.8, 4) is 0 Å². The van der Waals surface area contributed by atoms with Crippen LogP contribution in [0.1, 0.15) is 25.5 Å². The molecule has 2 N–H and O–H groups in total. The van der Waals surface area contributed by atoms with Crippen LogP contribution in [0, 0.1) is 13.8 Å². The van der Waals surface area contributed by atoms with Gasteiger partial charge in [-0.1, -0.05) is 13.8 Å². The maximum atomic E-state index is 3.75. The molecule has 0 spiro atoms. The first-order chi connectivity index (χ1) is 6.79. The Morgan fingerprint density at radius 3 is 1.29 bits per heavy atom. The van der Waals surface area contributed by atoms with Crippen molar-refractivity contribution in [3.63, 3.8) is 0 Å². The average molecular weight is 196 g/mol. The van der Waals surface area contributed by atoms with E-state index in [1.165, 1.54) is 12.7 Å². The van der Waals surface area contributed by atoms with Gasteiger partial charge in [0, 0.05) is 0 Å². The molecule has 78 valence electrons. The number of rotatable bonds is 0. The summed E-state index contributed by atoms with van der Waals surface area (Å²) in [5.74, 6) is 1.71. The molecule has 14 heavy (non-hydrogen) atoms. The highest BCUT2D eigenvalue weighted by molar-refractivity contribution is 4.70. The van der Waals surface area contributed by atoms with Crippen molar-refractivity contribution in [2.75, 3.05) is 0 Å². The normalized spacial score (nSPS) is 8.00. The van der Waals surface area contributed by atoms with Crippen LogP contribution in [-0.4, -0.2) is 30.4 Å². The zero-order chi connectivity index (χ0) is 10.8. The number of nitrogens with zero attached hydrogens (tertiary/aromatic N) is 4. The fraction of sp³-hybridized carbons (Fsp3) is 0.500. The van der Waals surface area contributed by atoms with E-state index in [0.29, 0.717) is 0 Å². The number of hydrogen-bond acceptors (Lipinski definition) is 4. The molecule has 0 atom stereocenters. The Morgan fingerprint density at radius 2 is 1.21 bits per heavy atom. The van der Waals surface area contributed by atoms with Gasteiger partial charge in [-0.05, 0) is 13.8 Å². The molecule has 0 bridgehead atoms. The van der Waals surface area contributed by atoms with Crippen molar-refractivity contribution < 1.29 is 0 Å². The smallest absolute Gasteiger partial charge is 0.137 e. The largest absolute Gasteiger partial charge is 0.264 e. The van der Waals surface area contributed by atoms with Crippen LogP contribution in [-0.2, 0) is 0 Å². The minimum absolute atomic E-state index is 0.856. The third kappa shape index (κ3) is 5.87. The van der Waals surface area contributed by atoms with Crippen LogP contribution in [0.4, 0.5) is 0 Å². The molecule has 0 fully saturated rings. The molecule has 0 unspecified atom stereocenters. The van der Waals surface area contributed by atoms with Crippen molar-refractivity contribution in [3.05, 3.63) is 24.3 Å². The maximum Gasteiger partial charge on any atom is 0.137 e. The first-order valence-electron chi connectivity index (χ1n) is 4.43. The number of nitrogens with one attached hydrogen (secondary N) is 2. The standard InChI is InChI=1S/2C3H5N3.C2H6/c2*1-3-4-2-5-6-3;1-2/h2*2H,1H3,(H,4,5,6);1-2H3. The zero-order valence-corrected chi connectivity index (χ0v) is 8.94. The lowest BCUT2D eigenvalue weighted by Crippen LogP contribution is -1.68. The number of H-pyrrole nitrogens is 2. The molecule has 0 radical (unpaired) electrons. The molecule has 0 aromatic carbocycles. The highest BCUT2D eigenvalue weighted by Crippen LogP contribution is 1.73. The molecular weight excluding hydrogens is 180 g/mol. The van der Waals surface area contributed by atoms with Crippen LogP contribution in [0.3, 0.4) is 0 Å². The zero-order valence-electron chi connectivity index (χ0n) is 8.94. The summed E-state index contributed by atoms with van der Waals surface area (Å²) >= 11 is 0. The minimum atomic E-state index is 0.856. The molecule has 0 saturated carbocycles. The summed E-state index contributed by atoms with van der Waals surface area (Å²) in [6, 6.07) is 0. The Bertz CT molecular complexity index is 253. The minimum Gasteiger partial charge on any atom is -0.264 e. The molecule has 2 rings (SSSR count). The van der Waals surface area contributed by atoms with E-state index < -0.39 is 0 Å². The summed E-state index contributed by atoms with van der Waals surface area (Å²) in [5, 5.41) is 12.4. The summed E-state index contributed by atoms with van der Waals surface area (Å²) in [6.45, 7) is 7.71. The van der Waals surface area contributed by atoms with Gasteiger partial charge in [-0.2, -0.15) is 10.2 Å². The lowest BCUT2D eigenvalue weighted by atomic mass is 10.8. The summed E-state index contributed by atoms with van der Waals surface area (Å²) in [5.41, 5.74) is 0. The Balaban J connectivity index is 0.000000206. The predicted molar refractivity (Wildman–Crippen MR) is 53.6 cm³/mol. The molecule has 6 heteroatoms. The van der Waals surface area contributed by atoms with Crippen LogP contribution in [0.15, 0.2) is 12.7 Å². The second-order valence-electron chi connectivity index (χ2n) is 2.14. The Hall–Kier alpha value is -1.72. The van der Waals surface area contributed by atoms with Crippen molar-refractivity contribution in [1.82, 2.24) is 30.4 Å². The van der Waals surface area contributed by atoms with E-state index >= 15 is 0 Å². The third-order valence-electron chi connectivity index (χ3n) is 1.07. The molecule has 6 nitrogen and oxygen atoms in total. The second kappa shape index (κ2) is 7.90. The van der Waals surface area contributed by atoms with E-state index in [2.05, 4.69) is 30.4 Å². The lowest BCUT2D eigenvalue weighted by molar-refractivity contribution is 1.04. The monoisotopic (exact) mass is 196 g/mol. The average Bonchev–Trinajstić information content (AvgIpc) is 2.83. The SMILES string of the molecule is CC.Cc1ncn[nH]1.Cc1ncn[nH]1.